The predicted molar refractivity (Wildman–Crippen MR) is 186 cm³/mol. The fourth-order valence-corrected chi connectivity index (χ4v) is 4.90. The maximum Gasteiger partial charge on any atom is 0.490 e. The van der Waals surface area contributed by atoms with E-state index in [1.807, 2.05) is 80.7 Å². The molecule has 0 saturated carbocycles. The van der Waals surface area contributed by atoms with Gasteiger partial charge in [-0.1, -0.05) is 43.3 Å². The van der Waals surface area contributed by atoms with Crippen molar-refractivity contribution in [2.45, 2.75) is 51.6 Å². The second-order valence-electron chi connectivity index (χ2n) is 11.3. The number of halogens is 7. The normalized spacial score (nSPS) is 11.7. The second-order valence-corrected chi connectivity index (χ2v) is 11.3. The van der Waals surface area contributed by atoms with Crippen molar-refractivity contribution < 1.29 is 65.2 Å². The minimum atomic E-state index is -5.08. The van der Waals surface area contributed by atoms with Crippen molar-refractivity contribution in [2.24, 2.45) is 0 Å². The molecule has 5 rings (SSSR count). The lowest BCUT2D eigenvalue weighted by Crippen LogP contribution is -2.21. The Bertz CT molecular complexity index is 2080. The number of benzene rings is 3. The van der Waals surface area contributed by atoms with E-state index in [0.29, 0.717) is 41.6 Å². The summed E-state index contributed by atoms with van der Waals surface area (Å²) in [6.07, 6.45) is -6.15. The summed E-state index contributed by atoms with van der Waals surface area (Å²) in [6.45, 7) is 4.29. The van der Waals surface area contributed by atoms with E-state index in [1.54, 1.807) is 16.8 Å². The van der Waals surface area contributed by atoms with Gasteiger partial charge in [-0.05, 0) is 54.6 Å². The molecule has 55 heavy (non-hydrogen) atoms. The van der Waals surface area contributed by atoms with Crippen LogP contribution in [0.15, 0.2) is 79.1 Å². The molecular weight excluding hydrogens is 747 g/mol. The minimum absolute atomic E-state index is 0.117. The number of carboxylic acids is 3. The van der Waals surface area contributed by atoms with Crippen LogP contribution in [0.25, 0.3) is 22.0 Å². The van der Waals surface area contributed by atoms with Gasteiger partial charge in [0, 0.05) is 41.1 Å². The van der Waals surface area contributed by atoms with Crippen LogP contribution in [0.4, 0.5) is 42.2 Å². The number of imidazole rings is 1. The average molecular weight is 782 g/mol. The number of pyridine rings is 1. The summed E-state index contributed by atoms with van der Waals surface area (Å²) in [7, 11) is 0. The molecule has 0 aliphatic carbocycles. The summed E-state index contributed by atoms with van der Waals surface area (Å²) in [4.78, 5) is 38.5. The number of hydrogen-bond donors (Lipinski definition) is 5. The molecule has 0 bridgehead atoms. The van der Waals surface area contributed by atoms with Gasteiger partial charge in [0.2, 0.25) is 0 Å². The quantitative estimate of drug-likeness (QED) is 0.0825. The summed E-state index contributed by atoms with van der Waals surface area (Å²) in [5.74, 6) is -5.88. The average Bonchev–Trinajstić information content (AvgIpc) is 3.55. The summed E-state index contributed by atoms with van der Waals surface area (Å²) in [5, 5.41) is 28.9. The van der Waals surface area contributed by atoms with Crippen LogP contribution in [0.5, 0.6) is 5.75 Å². The highest BCUT2D eigenvalue weighted by Crippen LogP contribution is 2.36. The summed E-state index contributed by atoms with van der Waals surface area (Å²) in [5.41, 5.74) is 9.56. The van der Waals surface area contributed by atoms with Gasteiger partial charge in [0.15, 0.2) is 11.6 Å². The van der Waals surface area contributed by atoms with Gasteiger partial charge in [-0.2, -0.15) is 26.3 Å². The summed E-state index contributed by atoms with van der Waals surface area (Å²) in [6, 6.07) is 19.9. The van der Waals surface area contributed by atoms with Crippen molar-refractivity contribution in [1.29, 1.82) is 0 Å². The number of fused-ring (bicyclic) bond motifs is 1. The van der Waals surface area contributed by atoms with Crippen LogP contribution in [0.2, 0.25) is 0 Å². The van der Waals surface area contributed by atoms with Crippen LogP contribution in [0, 0.1) is 5.82 Å². The van der Waals surface area contributed by atoms with E-state index in [-0.39, 0.29) is 18.7 Å². The van der Waals surface area contributed by atoms with Crippen molar-refractivity contribution in [1.82, 2.24) is 14.5 Å². The highest BCUT2D eigenvalue weighted by molar-refractivity contribution is 5.93. The number of anilines is 2. The van der Waals surface area contributed by atoms with Crippen LogP contribution in [0.3, 0.4) is 0 Å². The lowest BCUT2D eigenvalue weighted by Gasteiger charge is -2.24. The molecule has 2 aromatic heterocycles. The molecule has 12 nitrogen and oxygen atoms in total. The van der Waals surface area contributed by atoms with E-state index in [9.17, 15) is 36.2 Å². The Hall–Kier alpha value is -6.40. The smallest absolute Gasteiger partial charge is 0.490 e. The van der Waals surface area contributed by atoms with Gasteiger partial charge in [0.1, 0.15) is 17.7 Å². The molecule has 0 aliphatic heterocycles. The second kappa shape index (κ2) is 18.6. The number of nitrogens with zero attached hydrogens (tertiary/aromatic N) is 3. The van der Waals surface area contributed by atoms with E-state index in [1.165, 1.54) is 0 Å². The van der Waals surface area contributed by atoms with E-state index in [0.717, 1.165) is 21.9 Å². The molecule has 6 N–H and O–H groups in total. The minimum Gasteiger partial charge on any atom is -0.491 e. The number of nitrogens with two attached hydrogens (primary N) is 1. The number of aliphatic carboxylic acids is 3. The van der Waals surface area contributed by atoms with Crippen molar-refractivity contribution in [3.8, 4) is 17.0 Å². The highest BCUT2D eigenvalue weighted by atomic mass is 19.4. The number of hydrogen-bond acceptors (Lipinski definition) is 8. The highest BCUT2D eigenvalue weighted by Gasteiger charge is 2.39. The van der Waals surface area contributed by atoms with Crippen LogP contribution in [-0.2, 0) is 27.3 Å². The molecule has 0 aliphatic rings. The topological polar surface area (TPSA) is 190 Å². The largest absolute Gasteiger partial charge is 0.491 e. The molecule has 0 spiro atoms. The predicted octanol–water partition coefficient (Wildman–Crippen LogP) is 7.72. The molecule has 5 aromatic rings. The molecule has 0 amide bonds. The first-order valence-electron chi connectivity index (χ1n) is 16.1. The maximum absolute atomic E-state index is 16.2. The monoisotopic (exact) mass is 781 g/mol. The van der Waals surface area contributed by atoms with Gasteiger partial charge in [-0.15, -0.1) is 0 Å². The molecule has 2 heterocycles. The Balaban J connectivity index is 0.000000494. The molecule has 3 aromatic carbocycles. The number of carbonyl (C=O) groups is 3. The molecule has 0 fully saturated rings. The van der Waals surface area contributed by atoms with Crippen molar-refractivity contribution in [3.05, 3.63) is 102 Å². The molecule has 19 heteroatoms. The maximum atomic E-state index is 16.2. The number of aromatic nitrogens is 3. The van der Waals surface area contributed by atoms with E-state index < -0.39 is 42.1 Å². The molecule has 0 radical (unpaired) electrons. The first-order chi connectivity index (χ1) is 25.8. The van der Waals surface area contributed by atoms with Crippen LogP contribution in [0.1, 0.15) is 43.3 Å². The van der Waals surface area contributed by atoms with Crippen molar-refractivity contribution in [2.75, 3.05) is 17.7 Å². The molecule has 294 valence electrons. The third-order valence-electron chi connectivity index (χ3n) is 7.44. The molecule has 1 atom stereocenters. The Morgan fingerprint density at radius 3 is 2.07 bits per heavy atom. The zero-order chi connectivity index (χ0) is 41.1. The summed E-state index contributed by atoms with van der Waals surface area (Å²) >= 11 is 0. The Morgan fingerprint density at radius 2 is 1.53 bits per heavy atom. The number of carboxylic acid groups (broad SMARTS) is 3. The summed E-state index contributed by atoms with van der Waals surface area (Å²) < 4.78 is 87.1. The van der Waals surface area contributed by atoms with Crippen LogP contribution < -0.4 is 15.8 Å². The van der Waals surface area contributed by atoms with Gasteiger partial charge in [-0.3, -0.25) is 4.79 Å². The molecule has 1 unspecified atom stereocenters. The zero-order valence-electron chi connectivity index (χ0n) is 29.0. The number of nitrogen functional groups attached to an aromatic ring is 1. The van der Waals surface area contributed by atoms with Gasteiger partial charge in [0.25, 0.3) is 0 Å². The number of nitrogens with one attached hydrogen (secondary N) is 1. The fraction of sp³-hybridized carbons (Fsp3) is 0.250. The Kier molecular flexibility index (Phi) is 14.5. The van der Waals surface area contributed by atoms with Gasteiger partial charge in [0.05, 0.1) is 18.7 Å². The van der Waals surface area contributed by atoms with E-state index in [4.69, 9.17) is 35.3 Å². The van der Waals surface area contributed by atoms with Crippen molar-refractivity contribution in [3.63, 3.8) is 0 Å². The number of alkyl halides is 6. The molecular formula is C36H34F7N5O7. The molecule has 0 saturated heterocycles. The Labute approximate surface area is 308 Å². The van der Waals surface area contributed by atoms with Crippen LogP contribution in [-0.4, -0.2) is 66.7 Å². The van der Waals surface area contributed by atoms with Crippen molar-refractivity contribution >= 4 is 40.2 Å². The lowest BCUT2D eigenvalue weighted by atomic mass is 9.99. The fourth-order valence-electron chi connectivity index (χ4n) is 4.90. The Morgan fingerprint density at radius 1 is 0.909 bits per heavy atom. The van der Waals surface area contributed by atoms with Gasteiger partial charge in [-0.25, -0.2) is 23.9 Å². The van der Waals surface area contributed by atoms with Crippen LogP contribution >= 0.6 is 0 Å². The number of ether oxygens (including phenoxy) is 1. The third-order valence-corrected chi connectivity index (χ3v) is 7.44. The first-order valence-corrected chi connectivity index (χ1v) is 16.1. The van der Waals surface area contributed by atoms with Gasteiger partial charge < -0.3 is 35.7 Å². The zero-order valence-corrected chi connectivity index (χ0v) is 29.0. The third kappa shape index (κ3) is 12.1. The SMILES string of the molecule is CCOc1cc(CC)cc(C(Nc2ccc3c(N)nccc3c2)c2nc(-c3ccccc3)cn2CCC(=O)O)c1F.O=C(O)C(F)(F)F.O=C(O)C(F)(F)F. The van der Waals surface area contributed by atoms with E-state index in [2.05, 4.69) is 10.3 Å². The number of rotatable bonds is 11. The number of aryl methyl sites for hydroxylation is 2. The van der Waals surface area contributed by atoms with E-state index >= 15 is 4.39 Å². The lowest BCUT2D eigenvalue weighted by molar-refractivity contribution is -0.193. The first kappa shape index (κ1) is 43.0. The standard InChI is InChI=1S/C32H32FN5O3.2C2HF3O2/c1-3-20-16-25(29(33)27(17-20)41-4-2)30(36-23-10-11-24-22(18-23)12-14-35-31(24)34)32-37-26(21-8-6-5-7-9-21)19-38(32)15-13-28(39)40;2*3-2(4,5)1(6)7/h5-12,14,16-19,30,36H,3-4,13,15H2,1-2H3,(H2,34,35)(H,39,40);2*(H,6,7). The van der Waals surface area contributed by atoms with Gasteiger partial charge >= 0.3 is 30.3 Å².